The van der Waals surface area contributed by atoms with Crippen LogP contribution in [0, 0.1) is 5.92 Å². The first-order valence-electron chi connectivity index (χ1n) is 6.79. The Morgan fingerprint density at radius 1 is 1.25 bits per heavy atom. The second-order valence-electron chi connectivity index (χ2n) is 5.55. The maximum absolute atomic E-state index is 12.3. The lowest BCUT2D eigenvalue weighted by molar-refractivity contribution is -0.131. The maximum Gasteiger partial charge on any atom is 0.247 e. The van der Waals surface area contributed by atoms with Crippen LogP contribution in [0.2, 0.25) is 0 Å². The Bertz CT molecular complexity index is 526. The zero-order valence-corrected chi connectivity index (χ0v) is 12.4. The Kier molecular flexibility index (Phi) is 3.97. The Morgan fingerprint density at radius 3 is 2.50 bits per heavy atom. The molecule has 5 nitrogen and oxygen atoms in total. The van der Waals surface area contributed by atoms with Crippen molar-refractivity contribution in [2.45, 2.75) is 19.9 Å². The highest BCUT2D eigenvalue weighted by molar-refractivity contribution is 6.08. The van der Waals surface area contributed by atoms with E-state index in [-0.39, 0.29) is 24.3 Å². The van der Waals surface area contributed by atoms with Crippen LogP contribution in [0.1, 0.15) is 13.8 Å². The third kappa shape index (κ3) is 2.48. The minimum absolute atomic E-state index is 0.0504. The number of amides is 2. The lowest BCUT2D eigenvalue weighted by Gasteiger charge is -2.38. The lowest BCUT2D eigenvalue weighted by Crippen LogP contribution is -2.60. The van der Waals surface area contributed by atoms with Gasteiger partial charge in [-0.1, -0.05) is 26.0 Å². The van der Waals surface area contributed by atoms with E-state index >= 15 is 0 Å². The molecule has 0 aliphatic carbocycles. The molecule has 20 heavy (non-hydrogen) atoms. The molecular formula is C15H21N3O2. The predicted octanol–water partition coefficient (Wildman–Crippen LogP) is 1.24. The Morgan fingerprint density at radius 2 is 1.90 bits per heavy atom. The standard InChI is InChI=1S/C15H21N3O2/c1-10(2)14-15(20)16-9-13(19)18(14)12-8-6-5-7-11(12)17(3)4/h5-8,10,14H,9H2,1-4H3,(H,16,20). The highest BCUT2D eigenvalue weighted by Gasteiger charge is 2.38. The maximum atomic E-state index is 12.3. The van der Waals surface area contributed by atoms with E-state index in [0.717, 1.165) is 11.4 Å². The van der Waals surface area contributed by atoms with Gasteiger partial charge in [-0.2, -0.15) is 0 Å². The van der Waals surface area contributed by atoms with Crippen molar-refractivity contribution in [3.63, 3.8) is 0 Å². The quantitative estimate of drug-likeness (QED) is 0.903. The fourth-order valence-corrected chi connectivity index (χ4v) is 2.56. The molecular weight excluding hydrogens is 254 g/mol. The molecule has 1 heterocycles. The summed E-state index contributed by atoms with van der Waals surface area (Å²) in [5.74, 6) is -0.111. The van der Waals surface area contributed by atoms with E-state index in [1.165, 1.54) is 0 Å². The number of hydrogen-bond donors (Lipinski definition) is 1. The van der Waals surface area contributed by atoms with Gasteiger partial charge in [0.25, 0.3) is 0 Å². The molecule has 5 heteroatoms. The molecule has 2 amide bonds. The summed E-state index contributed by atoms with van der Waals surface area (Å²) in [6.45, 7) is 3.96. The Labute approximate surface area is 119 Å². The Hall–Kier alpha value is -2.04. The van der Waals surface area contributed by atoms with Crippen LogP contribution >= 0.6 is 0 Å². The fourth-order valence-electron chi connectivity index (χ4n) is 2.56. The summed E-state index contributed by atoms with van der Waals surface area (Å²) in [5.41, 5.74) is 1.72. The van der Waals surface area contributed by atoms with Gasteiger partial charge in [0.2, 0.25) is 11.8 Å². The molecule has 1 N–H and O–H groups in total. The van der Waals surface area contributed by atoms with Crippen LogP contribution in [0.5, 0.6) is 0 Å². The molecule has 1 aromatic carbocycles. The summed E-state index contributed by atoms with van der Waals surface area (Å²) < 4.78 is 0. The second kappa shape index (κ2) is 5.53. The molecule has 1 saturated heterocycles. The number of rotatable bonds is 3. The third-order valence-corrected chi connectivity index (χ3v) is 3.48. The van der Waals surface area contributed by atoms with Crippen LogP contribution < -0.4 is 15.1 Å². The summed E-state index contributed by atoms with van der Waals surface area (Å²) in [6, 6.07) is 7.20. The first-order valence-corrected chi connectivity index (χ1v) is 6.79. The summed E-state index contributed by atoms with van der Waals surface area (Å²) in [6.07, 6.45) is 0. The molecule has 1 aliphatic rings. The monoisotopic (exact) mass is 275 g/mol. The highest BCUT2D eigenvalue weighted by Crippen LogP contribution is 2.32. The van der Waals surface area contributed by atoms with Gasteiger partial charge in [-0.25, -0.2) is 0 Å². The topological polar surface area (TPSA) is 52.7 Å². The first-order chi connectivity index (χ1) is 9.43. The predicted molar refractivity (Wildman–Crippen MR) is 79.9 cm³/mol. The van der Waals surface area contributed by atoms with Gasteiger partial charge in [0.05, 0.1) is 17.9 Å². The highest BCUT2D eigenvalue weighted by atomic mass is 16.2. The van der Waals surface area contributed by atoms with Crippen molar-refractivity contribution in [2.24, 2.45) is 5.92 Å². The van der Waals surface area contributed by atoms with Crippen molar-refractivity contribution < 1.29 is 9.59 Å². The largest absolute Gasteiger partial charge is 0.376 e. The normalized spacial score (nSPS) is 19.2. The molecule has 1 unspecified atom stereocenters. The van der Waals surface area contributed by atoms with Crippen molar-refractivity contribution in [3.8, 4) is 0 Å². The number of nitrogens with zero attached hydrogens (tertiary/aromatic N) is 2. The van der Waals surface area contributed by atoms with Crippen molar-refractivity contribution in [1.29, 1.82) is 0 Å². The van der Waals surface area contributed by atoms with Crippen LogP contribution in [0.15, 0.2) is 24.3 Å². The van der Waals surface area contributed by atoms with Crippen molar-refractivity contribution >= 4 is 23.2 Å². The first kappa shape index (κ1) is 14.4. The zero-order valence-electron chi connectivity index (χ0n) is 12.4. The van der Waals surface area contributed by atoms with Gasteiger partial charge in [0.1, 0.15) is 6.04 Å². The number of para-hydroxylation sites is 2. The van der Waals surface area contributed by atoms with Crippen LogP contribution in [0.3, 0.4) is 0 Å². The van der Waals surface area contributed by atoms with E-state index in [2.05, 4.69) is 5.32 Å². The number of hydrogen-bond acceptors (Lipinski definition) is 3. The minimum Gasteiger partial charge on any atom is -0.376 e. The van der Waals surface area contributed by atoms with Gasteiger partial charge in [-0.15, -0.1) is 0 Å². The van der Waals surface area contributed by atoms with Gasteiger partial charge in [0.15, 0.2) is 0 Å². The SMILES string of the molecule is CC(C)C1C(=O)NCC(=O)N1c1ccccc1N(C)C. The smallest absolute Gasteiger partial charge is 0.247 e. The van der Waals surface area contributed by atoms with E-state index in [1.807, 2.05) is 57.1 Å². The third-order valence-electron chi connectivity index (χ3n) is 3.48. The average molecular weight is 275 g/mol. The zero-order chi connectivity index (χ0) is 14.9. The van der Waals surface area contributed by atoms with E-state index in [9.17, 15) is 9.59 Å². The molecule has 1 aliphatic heterocycles. The second-order valence-corrected chi connectivity index (χ2v) is 5.55. The van der Waals surface area contributed by atoms with E-state index in [1.54, 1.807) is 4.90 Å². The summed E-state index contributed by atoms with van der Waals surface area (Å²) in [7, 11) is 3.86. The Balaban J connectivity index is 2.52. The van der Waals surface area contributed by atoms with E-state index in [0.29, 0.717) is 0 Å². The van der Waals surface area contributed by atoms with E-state index in [4.69, 9.17) is 0 Å². The number of anilines is 2. The van der Waals surface area contributed by atoms with Crippen LogP contribution in [0.4, 0.5) is 11.4 Å². The summed E-state index contributed by atoms with van der Waals surface area (Å²) in [4.78, 5) is 28.0. The van der Waals surface area contributed by atoms with E-state index < -0.39 is 6.04 Å². The molecule has 1 aromatic rings. The number of carbonyl (C=O) groups is 2. The van der Waals surface area contributed by atoms with Crippen LogP contribution in [-0.4, -0.2) is 38.5 Å². The van der Waals surface area contributed by atoms with Gasteiger partial charge < -0.3 is 10.2 Å². The molecule has 0 bridgehead atoms. The molecule has 0 radical (unpaired) electrons. The van der Waals surface area contributed by atoms with Gasteiger partial charge in [0, 0.05) is 14.1 Å². The molecule has 108 valence electrons. The van der Waals surface area contributed by atoms with Crippen LogP contribution in [-0.2, 0) is 9.59 Å². The summed E-state index contributed by atoms with van der Waals surface area (Å²) >= 11 is 0. The lowest BCUT2D eigenvalue weighted by atomic mass is 9.98. The minimum atomic E-state index is -0.461. The molecule has 2 rings (SSSR count). The molecule has 0 aromatic heterocycles. The van der Waals surface area contributed by atoms with Crippen molar-refractivity contribution in [2.75, 3.05) is 30.4 Å². The average Bonchev–Trinajstić information content (AvgIpc) is 2.40. The number of piperazine rings is 1. The molecule has 1 fully saturated rings. The van der Waals surface area contributed by atoms with Crippen molar-refractivity contribution in [3.05, 3.63) is 24.3 Å². The number of nitrogens with one attached hydrogen (secondary N) is 1. The molecule has 1 atom stereocenters. The van der Waals surface area contributed by atoms with Crippen molar-refractivity contribution in [1.82, 2.24) is 5.32 Å². The summed E-state index contributed by atoms with van der Waals surface area (Å²) in [5, 5.41) is 2.67. The van der Waals surface area contributed by atoms with Crippen LogP contribution in [0.25, 0.3) is 0 Å². The molecule has 0 spiro atoms. The van der Waals surface area contributed by atoms with Gasteiger partial charge in [-0.05, 0) is 18.1 Å². The van der Waals surface area contributed by atoms with Gasteiger partial charge >= 0.3 is 0 Å². The number of benzene rings is 1. The molecule has 0 saturated carbocycles. The number of carbonyl (C=O) groups excluding carboxylic acids is 2. The van der Waals surface area contributed by atoms with Gasteiger partial charge in [-0.3, -0.25) is 14.5 Å². The fraction of sp³-hybridized carbons (Fsp3) is 0.467.